The number of nitrogens with one attached hydrogen (secondary N) is 1. The normalized spacial score (nSPS) is 7.60. The topological polar surface area (TPSA) is 38.0 Å². The van der Waals surface area contributed by atoms with Crippen molar-refractivity contribution in [1.29, 1.82) is 0 Å². The molecule has 3 N–H and O–H groups in total. The molecule has 0 aliphatic carbocycles. The van der Waals surface area contributed by atoms with E-state index in [4.69, 9.17) is 5.64 Å². The standard InChI is InChI=1S/C2H9BN2/c1-2-5-3-4/h3,5H,2,4H2,1H3. The molecule has 0 aromatic carbocycles. The summed E-state index contributed by atoms with van der Waals surface area (Å²) in [6, 6.07) is 0. The number of hydrogen-bond donors (Lipinski definition) is 2. The minimum atomic E-state index is 0.594. The van der Waals surface area contributed by atoms with Gasteiger partial charge in [0.05, 0.1) is 0 Å². The van der Waals surface area contributed by atoms with Gasteiger partial charge >= 0.3 is 0 Å². The van der Waals surface area contributed by atoms with E-state index in [1.807, 2.05) is 6.92 Å². The van der Waals surface area contributed by atoms with Crippen LogP contribution in [0.4, 0.5) is 0 Å². The molecule has 30 valence electrons. The van der Waals surface area contributed by atoms with Gasteiger partial charge < -0.3 is 10.9 Å². The third-order valence-electron chi connectivity index (χ3n) is 0.394. The van der Waals surface area contributed by atoms with Crippen molar-refractivity contribution in [2.45, 2.75) is 6.92 Å². The lowest BCUT2D eigenvalue weighted by Gasteiger charge is -1.83. The Morgan fingerprint density at radius 1 is 2.00 bits per heavy atom. The van der Waals surface area contributed by atoms with Crippen LogP contribution in [0.5, 0.6) is 0 Å². The quantitative estimate of drug-likeness (QED) is 0.403. The van der Waals surface area contributed by atoms with E-state index < -0.39 is 0 Å². The van der Waals surface area contributed by atoms with Gasteiger partial charge in [-0.3, -0.25) is 0 Å². The summed E-state index contributed by atoms with van der Waals surface area (Å²) in [5.74, 6) is 0. The highest BCUT2D eigenvalue weighted by atomic mass is 14.8. The SMILES string of the molecule is CCNBN. The summed E-state index contributed by atoms with van der Waals surface area (Å²) in [5.41, 5.74) is 5.03. The van der Waals surface area contributed by atoms with Gasteiger partial charge in [0.15, 0.2) is 0 Å². The molecule has 3 heteroatoms. The molecule has 2 nitrogen and oxygen atoms in total. The van der Waals surface area contributed by atoms with E-state index in [1.165, 1.54) is 0 Å². The van der Waals surface area contributed by atoms with Crippen LogP contribution in [0.25, 0.3) is 0 Å². The van der Waals surface area contributed by atoms with E-state index in [-0.39, 0.29) is 0 Å². The van der Waals surface area contributed by atoms with Crippen molar-refractivity contribution in [3.05, 3.63) is 0 Å². The van der Waals surface area contributed by atoms with Crippen molar-refractivity contribution in [1.82, 2.24) is 5.23 Å². The maximum atomic E-state index is 5.03. The largest absolute Gasteiger partial charge is 0.359 e. The molecule has 0 radical (unpaired) electrons. The van der Waals surface area contributed by atoms with E-state index in [1.54, 1.807) is 0 Å². The van der Waals surface area contributed by atoms with Crippen LogP contribution in [0.3, 0.4) is 0 Å². The van der Waals surface area contributed by atoms with Gasteiger partial charge in [0.2, 0.25) is 0 Å². The molecule has 0 unspecified atom stereocenters. The van der Waals surface area contributed by atoms with Crippen LogP contribution in [0.15, 0.2) is 0 Å². The molecule has 0 aliphatic heterocycles. The molecular formula is C2H9BN2. The van der Waals surface area contributed by atoms with Gasteiger partial charge in [-0.1, -0.05) is 6.92 Å². The third kappa shape index (κ3) is 3.98. The van der Waals surface area contributed by atoms with Crippen molar-refractivity contribution in [2.24, 2.45) is 5.64 Å². The number of nitrogens with two attached hydrogens (primary N) is 1. The molecule has 5 heavy (non-hydrogen) atoms. The minimum absolute atomic E-state index is 0.594. The Balaban J connectivity index is 2.19. The summed E-state index contributed by atoms with van der Waals surface area (Å²) in [6.07, 6.45) is 0. The Labute approximate surface area is 33.0 Å². The zero-order chi connectivity index (χ0) is 4.12. The summed E-state index contributed by atoms with van der Waals surface area (Å²) in [6.45, 7) is 2.99. The second kappa shape index (κ2) is 3.98. The summed E-state index contributed by atoms with van der Waals surface area (Å²) in [4.78, 5) is 0. The molecule has 0 aliphatic rings. The second-order valence-corrected chi connectivity index (χ2v) is 0.808. The van der Waals surface area contributed by atoms with E-state index >= 15 is 0 Å². The fourth-order valence-corrected chi connectivity index (χ4v) is 0.144. The first-order valence-corrected chi connectivity index (χ1v) is 1.82. The van der Waals surface area contributed by atoms with Gasteiger partial charge in [0.1, 0.15) is 0 Å². The Bertz CT molecular complexity index is 15.1. The summed E-state index contributed by atoms with van der Waals surface area (Å²) < 4.78 is 0. The molecule has 0 atom stereocenters. The molecule has 0 rings (SSSR count). The van der Waals surface area contributed by atoms with Crippen molar-refractivity contribution >= 4 is 7.55 Å². The first-order chi connectivity index (χ1) is 2.41. The number of rotatable bonds is 2. The fourth-order valence-electron chi connectivity index (χ4n) is 0.144. The first-order valence-electron chi connectivity index (χ1n) is 1.82. The lowest BCUT2D eigenvalue weighted by molar-refractivity contribution is 1.00. The maximum absolute atomic E-state index is 5.03. The van der Waals surface area contributed by atoms with Crippen molar-refractivity contribution < 1.29 is 0 Å². The highest BCUT2D eigenvalue weighted by Crippen LogP contribution is 1.37. The zero-order valence-electron chi connectivity index (χ0n) is 3.49. The Hall–Kier alpha value is -0.0151. The van der Waals surface area contributed by atoms with E-state index in [9.17, 15) is 0 Å². The van der Waals surface area contributed by atoms with Crippen LogP contribution < -0.4 is 10.9 Å². The molecule has 0 saturated heterocycles. The molecule has 0 heterocycles. The molecule has 0 saturated carbocycles. The van der Waals surface area contributed by atoms with Crippen molar-refractivity contribution in [2.75, 3.05) is 6.54 Å². The summed E-state index contributed by atoms with van der Waals surface area (Å²) in [5, 5.41) is 2.89. The number of hydrogen-bond acceptors (Lipinski definition) is 2. The van der Waals surface area contributed by atoms with E-state index in [0.717, 1.165) is 6.54 Å². The Kier molecular flexibility index (Phi) is 3.97. The molecule has 0 spiro atoms. The van der Waals surface area contributed by atoms with Gasteiger partial charge in [0.25, 0.3) is 7.55 Å². The van der Waals surface area contributed by atoms with Gasteiger partial charge in [-0.15, -0.1) is 0 Å². The lowest BCUT2D eigenvalue weighted by Crippen LogP contribution is -2.26. The molecule has 0 aromatic rings. The second-order valence-electron chi connectivity index (χ2n) is 0.808. The van der Waals surface area contributed by atoms with Crippen LogP contribution in [-0.4, -0.2) is 14.1 Å². The lowest BCUT2D eigenvalue weighted by atomic mass is 10.2. The van der Waals surface area contributed by atoms with Crippen LogP contribution in [0.2, 0.25) is 0 Å². The first kappa shape index (κ1) is 4.98. The molecular weight excluding hydrogens is 62.8 g/mol. The fraction of sp³-hybridized carbons (Fsp3) is 1.00. The molecule has 0 aromatic heterocycles. The predicted molar refractivity (Wildman–Crippen MR) is 25.0 cm³/mol. The van der Waals surface area contributed by atoms with E-state index in [2.05, 4.69) is 5.23 Å². The third-order valence-corrected chi connectivity index (χ3v) is 0.394. The van der Waals surface area contributed by atoms with Gasteiger partial charge in [0, 0.05) is 0 Å². The predicted octanol–water partition coefficient (Wildman–Crippen LogP) is -1.18. The molecule has 0 bridgehead atoms. The van der Waals surface area contributed by atoms with Crippen LogP contribution in [0.1, 0.15) is 6.92 Å². The summed E-state index contributed by atoms with van der Waals surface area (Å²) >= 11 is 0. The van der Waals surface area contributed by atoms with Crippen LogP contribution in [0, 0.1) is 0 Å². The molecule has 0 amide bonds. The van der Waals surface area contributed by atoms with E-state index in [0.29, 0.717) is 7.55 Å². The smallest absolute Gasteiger partial charge is 0.283 e. The average Bonchev–Trinajstić information content (AvgIpc) is 1.41. The van der Waals surface area contributed by atoms with Gasteiger partial charge in [-0.05, 0) is 6.54 Å². The zero-order valence-corrected chi connectivity index (χ0v) is 3.49. The monoisotopic (exact) mass is 72.1 g/mol. The maximum Gasteiger partial charge on any atom is 0.283 e. The highest BCUT2D eigenvalue weighted by molar-refractivity contribution is 6.27. The van der Waals surface area contributed by atoms with Gasteiger partial charge in [-0.25, -0.2) is 0 Å². The highest BCUT2D eigenvalue weighted by Gasteiger charge is 1.67. The average molecular weight is 71.9 g/mol. The van der Waals surface area contributed by atoms with Crippen LogP contribution in [-0.2, 0) is 0 Å². The Morgan fingerprint density at radius 3 is 2.60 bits per heavy atom. The van der Waals surface area contributed by atoms with Gasteiger partial charge in [-0.2, -0.15) is 0 Å². The van der Waals surface area contributed by atoms with Crippen molar-refractivity contribution in [3.63, 3.8) is 0 Å². The summed E-state index contributed by atoms with van der Waals surface area (Å²) in [7, 11) is 0.594. The van der Waals surface area contributed by atoms with Crippen LogP contribution >= 0.6 is 0 Å². The van der Waals surface area contributed by atoms with Crippen molar-refractivity contribution in [3.8, 4) is 0 Å². The molecule has 0 fully saturated rings. The minimum Gasteiger partial charge on any atom is -0.359 e. The Morgan fingerprint density at radius 2 is 2.60 bits per heavy atom.